The zero-order valence-corrected chi connectivity index (χ0v) is 16.6. The molecule has 1 unspecified atom stereocenters. The van der Waals surface area contributed by atoms with E-state index in [0.717, 1.165) is 28.7 Å². The van der Waals surface area contributed by atoms with Crippen LogP contribution in [-0.4, -0.2) is 41.6 Å². The average molecular weight is 392 g/mol. The Morgan fingerprint density at radius 3 is 2.72 bits per heavy atom. The van der Waals surface area contributed by atoms with Crippen LogP contribution >= 0.6 is 0 Å². The number of hydrogen-bond acceptors (Lipinski definition) is 4. The van der Waals surface area contributed by atoms with Gasteiger partial charge < -0.3 is 10.1 Å². The van der Waals surface area contributed by atoms with Crippen LogP contribution in [0.1, 0.15) is 24.9 Å². The Morgan fingerprint density at radius 1 is 1.17 bits per heavy atom. The fraction of sp³-hybridized carbons (Fsp3) is 0.318. The Morgan fingerprint density at radius 2 is 1.93 bits per heavy atom. The molecule has 1 aromatic heterocycles. The zero-order valence-electron chi connectivity index (χ0n) is 16.6. The molecule has 150 valence electrons. The molecule has 0 saturated carbocycles. The summed E-state index contributed by atoms with van der Waals surface area (Å²) in [5, 5.41) is 2.97. The number of nitrogens with zero attached hydrogens (tertiary/aromatic N) is 3. The van der Waals surface area contributed by atoms with E-state index in [0.29, 0.717) is 19.1 Å². The molecule has 29 heavy (non-hydrogen) atoms. The molecule has 0 bridgehead atoms. The number of carbonyl (C=O) groups is 2. The predicted molar refractivity (Wildman–Crippen MR) is 112 cm³/mol. The molecule has 1 atom stereocenters. The van der Waals surface area contributed by atoms with E-state index in [1.165, 1.54) is 0 Å². The monoisotopic (exact) mass is 392 g/mol. The normalized spacial score (nSPS) is 15.7. The molecule has 1 N–H and O–H groups in total. The highest BCUT2D eigenvalue weighted by Crippen LogP contribution is 2.36. The molecule has 7 nitrogen and oxygen atoms in total. The molecule has 0 fully saturated rings. The quantitative estimate of drug-likeness (QED) is 0.670. The maximum absolute atomic E-state index is 13.1. The van der Waals surface area contributed by atoms with Crippen LogP contribution in [0, 0.1) is 0 Å². The van der Waals surface area contributed by atoms with Gasteiger partial charge in [0.25, 0.3) is 5.91 Å². The molecule has 0 radical (unpaired) electrons. The Hall–Kier alpha value is -3.19. The van der Waals surface area contributed by atoms with Crippen LogP contribution in [0.4, 0.5) is 11.6 Å². The number of rotatable bonds is 7. The lowest BCUT2D eigenvalue weighted by atomic mass is 10.1. The number of amides is 2. The van der Waals surface area contributed by atoms with E-state index >= 15 is 0 Å². The molecular formula is C22H24N4O3. The first-order chi connectivity index (χ1) is 14.1. The summed E-state index contributed by atoms with van der Waals surface area (Å²) in [5.41, 5.74) is 3.51. The lowest BCUT2D eigenvalue weighted by Crippen LogP contribution is -2.33. The van der Waals surface area contributed by atoms with Gasteiger partial charge in [0.1, 0.15) is 6.04 Å². The highest BCUT2D eigenvalue weighted by molar-refractivity contribution is 6.05. The highest BCUT2D eigenvalue weighted by atomic mass is 16.5. The van der Waals surface area contributed by atoms with Gasteiger partial charge in [-0.1, -0.05) is 37.3 Å². The molecule has 0 saturated heterocycles. The maximum Gasteiger partial charge on any atom is 0.253 e. The molecule has 2 aromatic carbocycles. The third-order valence-electron chi connectivity index (χ3n) is 5.25. The number of anilines is 2. The molecule has 1 aliphatic heterocycles. The van der Waals surface area contributed by atoms with Crippen molar-refractivity contribution in [2.24, 2.45) is 0 Å². The minimum atomic E-state index is -0.622. The van der Waals surface area contributed by atoms with Crippen molar-refractivity contribution >= 4 is 34.5 Å². The largest absolute Gasteiger partial charge is 0.383 e. The van der Waals surface area contributed by atoms with Crippen molar-refractivity contribution in [1.82, 2.24) is 9.55 Å². The fourth-order valence-corrected chi connectivity index (χ4v) is 3.82. The molecule has 0 spiro atoms. The Kier molecular flexibility index (Phi) is 5.31. The number of nitrogens with one attached hydrogen (secondary N) is 1. The minimum Gasteiger partial charge on any atom is -0.383 e. The van der Waals surface area contributed by atoms with E-state index < -0.39 is 6.04 Å². The summed E-state index contributed by atoms with van der Waals surface area (Å²) in [6.07, 6.45) is 0.869. The number of aromatic nitrogens is 2. The van der Waals surface area contributed by atoms with Gasteiger partial charge in [-0.05, 0) is 30.2 Å². The first-order valence-electron chi connectivity index (χ1n) is 9.79. The second-order valence-corrected chi connectivity index (χ2v) is 7.03. The Labute approximate surface area is 169 Å². The Bertz CT molecular complexity index is 1060. The van der Waals surface area contributed by atoms with Gasteiger partial charge in [-0.3, -0.25) is 19.1 Å². The van der Waals surface area contributed by atoms with Gasteiger partial charge in [0, 0.05) is 12.8 Å². The van der Waals surface area contributed by atoms with Crippen molar-refractivity contribution < 1.29 is 14.3 Å². The first kappa shape index (κ1) is 19.1. The number of benzene rings is 2. The number of methoxy groups -OCH3 is 1. The van der Waals surface area contributed by atoms with E-state index in [1.54, 1.807) is 12.0 Å². The topological polar surface area (TPSA) is 76.5 Å². The van der Waals surface area contributed by atoms with Crippen LogP contribution in [0.15, 0.2) is 48.5 Å². The number of imidazole rings is 1. The lowest BCUT2D eigenvalue weighted by molar-refractivity contribution is -0.124. The highest BCUT2D eigenvalue weighted by Gasteiger charge is 2.40. The first-order valence-corrected chi connectivity index (χ1v) is 9.79. The summed E-state index contributed by atoms with van der Waals surface area (Å²) in [6.45, 7) is 2.84. The molecule has 1 aliphatic rings. The Balaban J connectivity index is 1.63. The van der Waals surface area contributed by atoms with Gasteiger partial charge in [-0.15, -0.1) is 0 Å². The van der Waals surface area contributed by atoms with Gasteiger partial charge in [0.15, 0.2) is 0 Å². The van der Waals surface area contributed by atoms with E-state index in [-0.39, 0.29) is 18.2 Å². The number of para-hydroxylation sites is 3. The van der Waals surface area contributed by atoms with Crippen LogP contribution in [-0.2, 0) is 20.7 Å². The standard InChI is InChI=1S/C22H24N4O3/c1-3-15-8-4-5-9-16(15)23-20(27)14-19-21(28)25(12-13-29-2)22-24-17-10-6-7-11-18(17)26(19)22/h4-11,19H,3,12-14H2,1-2H3,(H,23,27). The number of ether oxygens (including phenoxy) is 1. The predicted octanol–water partition coefficient (Wildman–Crippen LogP) is 3.16. The van der Waals surface area contributed by atoms with E-state index in [2.05, 4.69) is 10.3 Å². The van der Waals surface area contributed by atoms with Crippen molar-refractivity contribution in [3.63, 3.8) is 0 Å². The third-order valence-corrected chi connectivity index (χ3v) is 5.25. The smallest absolute Gasteiger partial charge is 0.253 e. The number of aryl methyl sites for hydroxylation is 1. The van der Waals surface area contributed by atoms with E-state index in [4.69, 9.17) is 4.74 Å². The van der Waals surface area contributed by atoms with Crippen LogP contribution in [0.25, 0.3) is 11.0 Å². The third kappa shape index (κ3) is 3.49. The van der Waals surface area contributed by atoms with Crippen LogP contribution in [0.2, 0.25) is 0 Å². The van der Waals surface area contributed by atoms with Gasteiger partial charge >= 0.3 is 0 Å². The summed E-state index contributed by atoms with van der Waals surface area (Å²) in [6, 6.07) is 14.8. The molecule has 2 amide bonds. The summed E-state index contributed by atoms with van der Waals surface area (Å²) in [4.78, 5) is 32.2. The molecule has 7 heteroatoms. The van der Waals surface area contributed by atoms with Crippen LogP contribution < -0.4 is 10.2 Å². The van der Waals surface area contributed by atoms with Crippen LogP contribution in [0.5, 0.6) is 0 Å². The molecule has 2 heterocycles. The number of carbonyl (C=O) groups excluding carboxylic acids is 2. The number of fused-ring (bicyclic) bond motifs is 3. The van der Waals surface area contributed by atoms with Crippen LogP contribution in [0.3, 0.4) is 0 Å². The second-order valence-electron chi connectivity index (χ2n) is 7.03. The van der Waals surface area contributed by atoms with Gasteiger partial charge in [0.05, 0.1) is 30.6 Å². The second kappa shape index (κ2) is 8.05. The van der Waals surface area contributed by atoms with Crippen molar-refractivity contribution in [3.8, 4) is 0 Å². The summed E-state index contributed by atoms with van der Waals surface area (Å²) in [5.74, 6) is 0.246. The fourth-order valence-electron chi connectivity index (χ4n) is 3.82. The van der Waals surface area contributed by atoms with Crippen molar-refractivity contribution in [1.29, 1.82) is 0 Å². The van der Waals surface area contributed by atoms with Gasteiger partial charge in [-0.25, -0.2) is 4.98 Å². The van der Waals surface area contributed by atoms with E-state index in [1.807, 2.05) is 60.0 Å². The zero-order chi connectivity index (χ0) is 20.4. The van der Waals surface area contributed by atoms with Gasteiger partial charge in [0.2, 0.25) is 11.9 Å². The minimum absolute atomic E-state index is 0.0493. The molecule has 4 rings (SSSR count). The van der Waals surface area contributed by atoms with E-state index in [9.17, 15) is 9.59 Å². The molecule has 0 aliphatic carbocycles. The average Bonchev–Trinajstić information content (AvgIpc) is 3.22. The summed E-state index contributed by atoms with van der Waals surface area (Å²) in [7, 11) is 1.60. The number of hydrogen-bond donors (Lipinski definition) is 1. The van der Waals surface area contributed by atoms with Crippen molar-refractivity contribution in [2.45, 2.75) is 25.8 Å². The summed E-state index contributed by atoms with van der Waals surface area (Å²) < 4.78 is 7.03. The SMILES string of the molecule is CCc1ccccc1NC(=O)CC1C(=O)N(CCOC)c2nc3ccccc3n21. The maximum atomic E-state index is 13.1. The molecule has 3 aromatic rings. The van der Waals surface area contributed by atoms with Crippen molar-refractivity contribution in [3.05, 3.63) is 54.1 Å². The molecular weight excluding hydrogens is 368 g/mol. The van der Waals surface area contributed by atoms with Gasteiger partial charge in [-0.2, -0.15) is 0 Å². The van der Waals surface area contributed by atoms with Crippen molar-refractivity contribution in [2.75, 3.05) is 30.5 Å². The lowest BCUT2D eigenvalue weighted by Gasteiger charge is -2.16. The summed E-state index contributed by atoms with van der Waals surface area (Å²) >= 11 is 0.